The van der Waals surface area contributed by atoms with Gasteiger partial charge in [-0.3, -0.25) is 4.79 Å². The molecular weight excluding hydrogens is 185 g/mol. The van der Waals surface area contributed by atoms with Crippen LogP contribution in [0.2, 0.25) is 10.0 Å². The molecule has 0 aromatic heterocycles. The first-order valence-corrected chi connectivity index (χ1v) is 3.52. The maximum absolute atomic E-state index is 8.58. The molecule has 4 heteroatoms. The second kappa shape index (κ2) is 6.01. The Morgan fingerprint density at radius 2 is 1.64 bits per heavy atom. The molecule has 0 saturated carbocycles. The van der Waals surface area contributed by atoms with Crippen molar-refractivity contribution in [2.24, 2.45) is 5.73 Å². The third-order valence-electron chi connectivity index (χ3n) is 0.787. The lowest BCUT2D eigenvalue weighted by atomic mass is 10.4. The van der Waals surface area contributed by atoms with Crippen LogP contribution in [-0.4, -0.2) is 6.41 Å². The Kier molecular flexibility index (Phi) is 5.61. The summed E-state index contributed by atoms with van der Waals surface area (Å²) in [6, 6.07) is 7.08. The quantitative estimate of drug-likeness (QED) is 0.628. The van der Waals surface area contributed by atoms with Crippen molar-refractivity contribution < 1.29 is 4.79 Å². The van der Waals surface area contributed by atoms with Crippen molar-refractivity contribution in [1.82, 2.24) is 0 Å². The Labute approximate surface area is 74.9 Å². The highest BCUT2D eigenvalue weighted by atomic mass is 35.5. The molecular formula is C7H7Cl2NO. The zero-order valence-corrected chi connectivity index (χ0v) is 7.14. The van der Waals surface area contributed by atoms with E-state index < -0.39 is 0 Å². The molecule has 0 bridgehead atoms. The van der Waals surface area contributed by atoms with Crippen LogP contribution in [0.3, 0.4) is 0 Å². The van der Waals surface area contributed by atoms with Gasteiger partial charge in [0.2, 0.25) is 6.41 Å². The van der Waals surface area contributed by atoms with E-state index in [0.29, 0.717) is 10.0 Å². The van der Waals surface area contributed by atoms with E-state index in [-0.39, 0.29) is 6.41 Å². The van der Waals surface area contributed by atoms with Gasteiger partial charge in [-0.15, -0.1) is 0 Å². The third kappa shape index (κ3) is 5.70. The van der Waals surface area contributed by atoms with Crippen LogP contribution in [0.4, 0.5) is 0 Å². The van der Waals surface area contributed by atoms with Crippen LogP contribution in [0, 0.1) is 0 Å². The highest BCUT2D eigenvalue weighted by molar-refractivity contribution is 6.34. The van der Waals surface area contributed by atoms with Gasteiger partial charge in [-0.25, -0.2) is 0 Å². The predicted molar refractivity (Wildman–Crippen MR) is 46.7 cm³/mol. The molecule has 2 N–H and O–H groups in total. The minimum Gasteiger partial charge on any atom is -0.372 e. The molecule has 0 atom stereocenters. The monoisotopic (exact) mass is 191 g/mol. The zero-order chi connectivity index (χ0) is 8.69. The van der Waals surface area contributed by atoms with E-state index in [1.165, 1.54) is 0 Å². The number of carbonyl (C=O) groups excluding carboxylic acids is 1. The molecule has 0 spiro atoms. The molecule has 0 fully saturated rings. The standard InChI is InChI=1S/C6H4Cl2.CH3NO/c7-5-2-1-3-6(8)4-5;2-1-3/h1-4H;1H,(H2,2,3). The summed E-state index contributed by atoms with van der Waals surface area (Å²) in [4.78, 5) is 8.58. The van der Waals surface area contributed by atoms with Crippen molar-refractivity contribution in [2.75, 3.05) is 0 Å². The van der Waals surface area contributed by atoms with Crippen LogP contribution < -0.4 is 5.73 Å². The van der Waals surface area contributed by atoms with Crippen LogP contribution in [0.15, 0.2) is 24.3 Å². The van der Waals surface area contributed by atoms with Gasteiger partial charge in [0.15, 0.2) is 0 Å². The van der Waals surface area contributed by atoms with Crippen molar-refractivity contribution in [3.8, 4) is 0 Å². The number of amides is 1. The second-order valence-corrected chi connectivity index (χ2v) is 2.45. The number of benzene rings is 1. The van der Waals surface area contributed by atoms with Gasteiger partial charge in [-0.2, -0.15) is 0 Å². The molecule has 0 aliphatic carbocycles. The van der Waals surface area contributed by atoms with Gasteiger partial charge in [0.1, 0.15) is 0 Å². The molecule has 0 saturated heterocycles. The van der Waals surface area contributed by atoms with E-state index >= 15 is 0 Å². The molecule has 2 nitrogen and oxygen atoms in total. The molecule has 0 aliphatic rings. The second-order valence-electron chi connectivity index (χ2n) is 1.58. The van der Waals surface area contributed by atoms with Crippen molar-refractivity contribution in [3.63, 3.8) is 0 Å². The summed E-state index contributed by atoms with van der Waals surface area (Å²) in [5, 5.41) is 1.36. The number of rotatable bonds is 0. The van der Waals surface area contributed by atoms with Gasteiger partial charge in [0.05, 0.1) is 0 Å². The summed E-state index contributed by atoms with van der Waals surface area (Å²) in [5.41, 5.74) is 4.17. The van der Waals surface area contributed by atoms with Gasteiger partial charge < -0.3 is 5.73 Å². The fraction of sp³-hybridized carbons (Fsp3) is 0. The maximum Gasteiger partial charge on any atom is 0.204 e. The van der Waals surface area contributed by atoms with Crippen molar-refractivity contribution in [2.45, 2.75) is 0 Å². The lowest BCUT2D eigenvalue weighted by molar-refractivity contribution is -0.106. The summed E-state index contributed by atoms with van der Waals surface area (Å²) in [6.07, 6.45) is 0.250. The molecule has 0 unspecified atom stereocenters. The van der Waals surface area contributed by atoms with Gasteiger partial charge in [0.25, 0.3) is 0 Å². The number of hydrogen-bond donors (Lipinski definition) is 1. The molecule has 1 aromatic rings. The molecule has 1 rings (SSSR count). The SMILES string of the molecule is Clc1cccc(Cl)c1.NC=O. The van der Waals surface area contributed by atoms with Crippen LogP contribution in [-0.2, 0) is 4.79 Å². The van der Waals surface area contributed by atoms with E-state index in [1.54, 1.807) is 18.2 Å². The van der Waals surface area contributed by atoms with E-state index in [2.05, 4.69) is 5.73 Å². The average molecular weight is 192 g/mol. The van der Waals surface area contributed by atoms with Gasteiger partial charge >= 0.3 is 0 Å². The van der Waals surface area contributed by atoms with E-state index in [1.807, 2.05) is 6.07 Å². The minimum atomic E-state index is 0.250. The van der Waals surface area contributed by atoms with Crippen LogP contribution >= 0.6 is 23.2 Å². The zero-order valence-electron chi connectivity index (χ0n) is 5.63. The number of halogens is 2. The first kappa shape index (κ1) is 10.3. The van der Waals surface area contributed by atoms with Crippen molar-refractivity contribution in [1.29, 1.82) is 0 Å². The number of hydrogen-bond acceptors (Lipinski definition) is 1. The summed E-state index contributed by atoms with van der Waals surface area (Å²) >= 11 is 11.1. The number of primary amides is 1. The third-order valence-corrected chi connectivity index (χ3v) is 1.26. The lowest BCUT2D eigenvalue weighted by Gasteiger charge is -1.86. The Morgan fingerprint density at radius 1 is 1.27 bits per heavy atom. The molecule has 1 amide bonds. The molecule has 0 aliphatic heterocycles. The van der Waals surface area contributed by atoms with Gasteiger partial charge in [-0.05, 0) is 18.2 Å². The highest BCUT2D eigenvalue weighted by Crippen LogP contribution is 2.13. The Balaban J connectivity index is 0.000000292. The first-order chi connectivity index (χ1) is 5.20. The smallest absolute Gasteiger partial charge is 0.204 e. The van der Waals surface area contributed by atoms with E-state index in [9.17, 15) is 0 Å². The Hall–Kier alpha value is -0.730. The summed E-state index contributed by atoms with van der Waals surface area (Å²) in [6.45, 7) is 0. The molecule has 60 valence electrons. The molecule has 11 heavy (non-hydrogen) atoms. The van der Waals surface area contributed by atoms with E-state index in [0.717, 1.165) is 0 Å². The van der Waals surface area contributed by atoms with E-state index in [4.69, 9.17) is 28.0 Å². The average Bonchev–Trinajstić information content (AvgIpc) is 1.88. The van der Waals surface area contributed by atoms with Crippen LogP contribution in [0.5, 0.6) is 0 Å². The summed E-state index contributed by atoms with van der Waals surface area (Å²) < 4.78 is 0. The summed E-state index contributed by atoms with van der Waals surface area (Å²) in [7, 11) is 0. The van der Waals surface area contributed by atoms with Crippen molar-refractivity contribution >= 4 is 29.6 Å². The maximum atomic E-state index is 8.58. The minimum absolute atomic E-state index is 0.250. The number of nitrogens with two attached hydrogens (primary N) is 1. The van der Waals surface area contributed by atoms with Crippen LogP contribution in [0.25, 0.3) is 0 Å². The molecule has 0 radical (unpaired) electrons. The lowest BCUT2D eigenvalue weighted by Crippen LogP contribution is -1.82. The van der Waals surface area contributed by atoms with Crippen molar-refractivity contribution in [3.05, 3.63) is 34.3 Å². The van der Waals surface area contributed by atoms with Gasteiger partial charge in [0, 0.05) is 10.0 Å². The highest BCUT2D eigenvalue weighted by Gasteiger charge is 1.84. The van der Waals surface area contributed by atoms with Crippen LogP contribution in [0.1, 0.15) is 0 Å². The first-order valence-electron chi connectivity index (χ1n) is 2.77. The molecule has 0 heterocycles. The predicted octanol–water partition coefficient (Wildman–Crippen LogP) is 2.09. The number of carbonyl (C=O) groups is 1. The fourth-order valence-electron chi connectivity index (χ4n) is 0.460. The normalized spacial score (nSPS) is 7.82. The fourth-order valence-corrected chi connectivity index (χ4v) is 0.896. The Bertz CT molecular complexity index is 210. The topological polar surface area (TPSA) is 43.1 Å². The largest absolute Gasteiger partial charge is 0.372 e. The summed E-state index contributed by atoms with van der Waals surface area (Å²) in [5.74, 6) is 0. The Morgan fingerprint density at radius 3 is 1.82 bits per heavy atom. The van der Waals surface area contributed by atoms with Gasteiger partial charge in [-0.1, -0.05) is 29.3 Å². The molecule has 1 aromatic carbocycles.